The Balaban J connectivity index is 1.47. The van der Waals surface area contributed by atoms with E-state index in [1.54, 1.807) is 6.92 Å². The fraction of sp³-hybridized carbons (Fsp3) is 0.375. The molecule has 2 bridgehead atoms. The number of nitrogens with zero attached hydrogens (tertiary/aromatic N) is 2. The van der Waals surface area contributed by atoms with Gasteiger partial charge in [0.2, 0.25) is 5.60 Å². The van der Waals surface area contributed by atoms with Gasteiger partial charge in [0, 0.05) is 34.5 Å². The summed E-state index contributed by atoms with van der Waals surface area (Å²) in [7, 11) is 0. The third-order valence-electron chi connectivity index (χ3n) is 9.40. The van der Waals surface area contributed by atoms with Crippen LogP contribution in [0.4, 0.5) is 0 Å². The maximum Gasteiger partial charge on any atom is 0.343 e. The van der Waals surface area contributed by atoms with Crippen LogP contribution in [0.1, 0.15) is 68.1 Å². The number of unbranched alkanes of at least 4 members (excludes halogenated alkanes) is 3. The third-order valence-corrected chi connectivity index (χ3v) is 9.40. The summed E-state index contributed by atoms with van der Waals surface area (Å²) in [6.07, 6.45) is 3.28. The van der Waals surface area contributed by atoms with Gasteiger partial charge in [-0.3, -0.25) is 4.79 Å². The zero-order chi connectivity index (χ0) is 27.4. The van der Waals surface area contributed by atoms with Crippen LogP contribution in [0.25, 0.3) is 43.6 Å². The van der Waals surface area contributed by atoms with Gasteiger partial charge in [-0.25, -0.2) is 4.79 Å². The molecule has 8 nitrogen and oxygen atoms in total. The molecular formula is C32H31N3O5. The molecule has 0 spiro atoms. The number of hydrogen-bond donors (Lipinski definition) is 2. The topological polar surface area (TPSA) is 94.7 Å². The second-order valence-corrected chi connectivity index (χ2v) is 11.5. The number of fused-ring (bicyclic) bond motifs is 13. The van der Waals surface area contributed by atoms with Crippen LogP contribution in [-0.4, -0.2) is 38.3 Å². The maximum atomic E-state index is 13.8. The number of esters is 1. The van der Waals surface area contributed by atoms with Gasteiger partial charge in [-0.05, 0) is 31.0 Å². The number of hydrogen-bond acceptors (Lipinski definition) is 5. The Hall–Kier alpha value is -3.88. The van der Waals surface area contributed by atoms with Crippen molar-refractivity contribution >= 4 is 55.5 Å². The number of carbonyl (C=O) groups is 2. The van der Waals surface area contributed by atoms with Crippen LogP contribution in [0, 0.1) is 0 Å². The molecule has 1 unspecified atom stereocenters. The van der Waals surface area contributed by atoms with E-state index in [9.17, 15) is 14.7 Å². The molecule has 3 atom stereocenters. The van der Waals surface area contributed by atoms with Gasteiger partial charge in [-0.15, -0.1) is 0 Å². The molecule has 40 heavy (non-hydrogen) atoms. The van der Waals surface area contributed by atoms with Crippen LogP contribution >= 0.6 is 0 Å². The molecule has 0 saturated carbocycles. The average molecular weight is 538 g/mol. The Kier molecular flexibility index (Phi) is 4.84. The standard InChI is InChI=1S/C32H31N3O5/c1-3-4-5-10-15-39-30(37)32(38)16-23-34-21-13-8-6-11-18(21)25-26-20(17-33-29(26)36)24-19-12-7-9-14-22(19)35(28(24)27(25)34)31(32,2)40-23/h6-9,11-14,23,38H,3-5,10,15-17H2,1-2H3,(H,33,36)/t23-,31+,32?/m1/s1. The molecule has 1 fully saturated rings. The molecule has 2 aromatic heterocycles. The van der Waals surface area contributed by atoms with Gasteiger partial charge >= 0.3 is 5.97 Å². The molecule has 1 saturated heterocycles. The minimum atomic E-state index is -1.93. The van der Waals surface area contributed by atoms with Crippen LogP contribution in [-0.2, 0) is 26.5 Å². The van der Waals surface area contributed by atoms with Gasteiger partial charge < -0.3 is 29.0 Å². The third kappa shape index (κ3) is 2.73. The van der Waals surface area contributed by atoms with E-state index in [2.05, 4.69) is 16.8 Å². The van der Waals surface area contributed by atoms with Gasteiger partial charge in [-0.1, -0.05) is 62.6 Å². The number of rotatable bonds is 6. The molecule has 8 rings (SSSR count). The monoisotopic (exact) mass is 537 g/mol. The second kappa shape index (κ2) is 8.08. The number of para-hydroxylation sites is 2. The number of ether oxygens (including phenoxy) is 2. The molecule has 0 aliphatic carbocycles. The molecular weight excluding hydrogens is 506 g/mol. The van der Waals surface area contributed by atoms with Gasteiger partial charge in [-0.2, -0.15) is 0 Å². The smallest absolute Gasteiger partial charge is 0.343 e. The van der Waals surface area contributed by atoms with Crippen LogP contribution in [0.5, 0.6) is 0 Å². The van der Waals surface area contributed by atoms with Crippen molar-refractivity contribution in [2.45, 2.75) is 70.1 Å². The summed E-state index contributed by atoms with van der Waals surface area (Å²) in [5.41, 5.74) is 1.75. The summed E-state index contributed by atoms with van der Waals surface area (Å²) in [4.78, 5) is 27.1. The highest BCUT2D eigenvalue weighted by atomic mass is 16.6. The van der Waals surface area contributed by atoms with E-state index >= 15 is 0 Å². The predicted molar refractivity (Wildman–Crippen MR) is 152 cm³/mol. The fourth-order valence-corrected chi connectivity index (χ4v) is 7.53. The number of aromatic nitrogens is 2. The van der Waals surface area contributed by atoms with E-state index in [4.69, 9.17) is 9.47 Å². The van der Waals surface area contributed by atoms with E-state index < -0.39 is 23.5 Å². The first-order valence-corrected chi connectivity index (χ1v) is 14.3. The highest BCUT2D eigenvalue weighted by molar-refractivity contribution is 6.31. The molecule has 0 radical (unpaired) electrons. The SMILES string of the molecule is CCCCCCOC(=O)C1(O)C[C@H]2O[C@]1(C)n1c3ccccc3c3c4c(c5c6ccccc6n2c5c31)C(=O)NC4. The number of aliphatic hydroxyl groups is 1. The zero-order valence-corrected chi connectivity index (χ0v) is 22.6. The van der Waals surface area contributed by atoms with Gasteiger partial charge in [0.25, 0.3) is 5.91 Å². The lowest BCUT2D eigenvalue weighted by Crippen LogP contribution is -2.56. The van der Waals surface area contributed by atoms with Crippen molar-refractivity contribution in [3.05, 3.63) is 59.7 Å². The quantitative estimate of drug-likeness (QED) is 0.217. The van der Waals surface area contributed by atoms with Crippen molar-refractivity contribution < 1.29 is 24.2 Å². The van der Waals surface area contributed by atoms with Crippen molar-refractivity contribution in [1.29, 1.82) is 0 Å². The molecule has 204 valence electrons. The highest BCUT2D eigenvalue weighted by Gasteiger charge is 2.66. The minimum absolute atomic E-state index is 0.0296. The van der Waals surface area contributed by atoms with Crippen molar-refractivity contribution in [3.8, 4) is 0 Å². The first-order valence-electron chi connectivity index (χ1n) is 14.3. The van der Waals surface area contributed by atoms with Gasteiger partial charge in [0.15, 0.2) is 5.72 Å². The van der Waals surface area contributed by atoms with Crippen LogP contribution < -0.4 is 5.32 Å². The summed E-state index contributed by atoms with van der Waals surface area (Å²) < 4.78 is 16.7. The molecule has 3 aliphatic heterocycles. The van der Waals surface area contributed by atoms with Crippen LogP contribution in [0.2, 0.25) is 0 Å². The van der Waals surface area contributed by atoms with Crippen LogP contribution in [0.15, 0.2) is 48.5 Å². The number of carbonyl (C=O) groups excluding carboxylic acids is 2. The summed E-state index contributed by atoms with van der Waals surface area (Å²) in [5.74, 6) is -0.740. The van der Waals surface area contributed by atoms with E-state index in [-0.39, 0.29) is 18.9 Å². The molecule has 8 heteroatoms. The maximum absolute atomic E-state index is 13.8. The van der Waals surface area contributed by atoms with Crippen molar-refractivity contribution in [3.63, 3.8) is 0 Å². The van der Waals surface area contributed by atoms with E-state index in [0.717, 1.165) is 74.9 Å². The Morgan fingerprint density at radius 1 is 1.05 bits per heavy atom. The molecule has 3 aromatic carbocycles. The van der Waals surface area contributed by atoms with Gasteiger partial charge in [0.05, 0.1) is 34.2 Å². The molecule has 1 amide bonds. The predicted octanol–water partition coefficient (Wildman–Crippen LogP) is 5.61. The van der Waals surface area contributed by atoms with Crippen molar-refractivity contribution in [2.75, 3.05) is 6.61 Å². The summed E-state index contributed by atoms with van der Waals surface area (Å²) in [6, 6.07) is 16.0. The fourth-order valence-electron chi connectivity index (χ4n) is 7.53. The van der Waals surface area contributed by atoms with Crippen molar-refractivity contribution in [2.24, 2.45) is 0 Å². The van der Waals surface area contributed by atoms with E-state index in [1.807, 2.05) is 53.1 Å². The van der Waals surface area contributed by atoms with E-state index in [0.29, 0.717) is 12.1 Å². The molecule has 2 N–H and O–H groups in total. The zero-order valence-electron chi connectivity index (χ0n) is 22.6. The van der Waals surface area contributed by atoms with Gasteiger partial charge in [0.1, 0.15) is 6.23 Å². The lowest BCUT2D eigenvalue weighted by molar-refractivity contribution is -0.204. The Morgan fingerprint density at radius 2 is 1.77 bits per heavy atom. The molecule has 5 aromatic rings. The number of nitrogens with one attached hydrogen (secondary N) is 1. The largest absolute Gasteiger partial charge is 0.463 e. The lowest BCUT2D eigenvalue weighted by Gasteiger charge is -2.37. The second-order valence-electron chi connectivity index (χ2n) is 11.5. The Labute approximate surface area is 230 Å². The lowest BCUT2D eigenvalue weighted by atomic mass is 9.88. The normalized spacial score (nSPS) is 24.9. The van der Waals surface area contributed by atoms with E-state index in [1.165, 1.54) is 0 Å². The van der Waals surface area contributed by atoms with Crippen LogP contribution in [0.3, 0.4) is 0 Å². The summed E-state index contributed by atoms with van der Waals surface area (Å²) in [5, 5.41) is 19.2. The number of amides is 1. The molecule has 5 heterocycles. The summed E-state index contributed by atoms with van der Waals surface area (Å²) in [6.45, 7) is 4.61. The Morgan fingerprint density at radius 3 is 2.55 bits per heavy atom. The highest BCUT2D eigenvalue weighted by Crippen LogP contribution is 2.57. The number of benzene rings is 3. The Bertz CT molecular complexity index is 1920. The minimum Gasteiger partial charge on any atom is -0.463 e. The first kappa shape index (κ1) is 24.0. The molecule has 3 aliphatic rings. The van der Waals surface area contributed by atoms with Crippen molar-refractivity contribution in [1.82, 2.24) is 14.5 Å². The summed E-state index contributed by atoms with van der Waals surface area (Å²) >= 11 is 0. The first-order chi connectivity index (χ1) is 19.4. The average Bonchev–Trinajstić information content (AvgIpc) is 3.65.